The van der Waals surface area contributed by atoms with Crippen LogP contribution in [0.25, 0.3) is 11.0 Å². The fraction of sp³-hybridized carbons (Fsp3) is 0.0714. The molecule has 0 radical (unpaired) electrons. The zero-order valence-corrected chi connectivity index (χ0v) is 10.2. The van der Waals surface area contributed by atoms with Gasteiger partial charge in [-0.15, -0.1) is 4.91 Å². The van der Waals surface area contributed by atoms with Crippen molar-refractivity contribution in [3.05, 3.63) is 71.4 Å². The molecule has 5 heteroatoms. The minimum absolute atomic E-state index is 0.407. The predicted molar refractivity (Wildman–Crippen MR) is 73.9 cm³/mol. The van der Waals surface area contributed by atoms with Gasteiger partial charge in [0.25, 0.3) is 0 Å². The molecule has 5 nitrogen and oxygen atoms in total. The summed E-state index contributed by atoms with van der Waals surface area (Å²) in [7, 11) is 0. The molecule has 0 N–H and O–H groups in total. The van der Waals surface area contributed by atoms with E-state index in [0.29, 0.717) is 6.54 Å². The van der Waals surface area contributed by atoms with Crippen molar-refractivity contribution >= 4 is 11.0 Å². The highest BCUT2D eigenvalue weighted by molar-refractivity contribution is 5.75. The summed E-state index contributed by atoms with van der Waals surface area (Å²) in [6.45, 7) is 0.407. The number of nitrogens with zero attached hydrogens (tertiary/aromatic N) is 4. The van der Waals surface area contributed by atoms with Crippen molar-refractivity contribution in [3.8, 4) is 0 Å². The maximum Gasteiger partial charge on any atom is 0.118 e. The number of rotatable bonds is 4. The molecule has 1 aromatic heterocycles. The van der Waals surface area contributed by atoms with Crippen molar-refractivity contribution < 1.29 is 0 Å². The highest BCUT2D eigenvalue weighted by Gasteiger charge is 2.10. The van der Waals surface area contributed by atoms with E-state index in [4.69, 9.17) is 0 Å². The number of nitroso groups, excluding NO2 is 1. The van der Waals surface area contributed by atoms with E-state index in [-0.39, 0.29) is 0 Å². The summed E-state index contributed by atoms with van der Waals surface area (Å²) in [5.74, 6) is 0. The van der Waals surface area contributed by atoms with Gasteiger partial charge in [-0.25, -0.2) is 9.66 Å². The fourth-order valence-electron chi connectivity index (χ4n) is 2.02. The smallest absolute Gasteiger partial charge is 0.118 e. The Balaban J connectivity index is 1.96. The van der Waals surface area contributed by atoms with Gasteiger partial charge in [-0.2, -0.15) is 5.12 Å². The molecule has 3 aromatic rings. The van der Waals surface area contributed by atoms with Crippen LogP contribution in [0, 0.1) is 4.91 Å². The van der Waals surface area contributed by atoms with E-state index in [0.717, 1.165) is 16.6 Å². The van der Waals surface area contributed by atoms with Gasteiger partial charge in [0.1, 0.15) is 6.33 Å². The largest absolute Gasteiger partial charge is 0.235 e. The Labute approximate surface area is 110 Å². The van der Waals surface area contributed by atoms with Crippen LogP contribution in [0.1, 0.15) is 5.56 Å². The van der Waals surface area contributed by atoms with E-state index in [1.165, 1.54) is 5.12 Å². The average Bonchev–Trinajstić information content (AvgIpc) is 2.90. The highest BCUT2D eigenvalue weighted by atomic mass is 16.3. The summed E-state index contributed by atoms with van der Waals surface area (Å²) in [4.78, 5) is 15.3. The maximum absolute atomic E-state index is 11.1. The Kier molecular flexibility index (Phi) is 2.94. The van der Waals surface area contributed by atoms with Gasteiger partial charge in [0, 0.05) is 0 Å². The first-order valence-corrected chi connectivity index (χ1v) is 5.95. The molecular weight excluding hydrogens is 240 g/mol. The van der Waals surface area contributed by atoms with Gasteiger partial charge in [-0.3, -0.25) is 0 Å². The van der Waals surface area contributed by atoms with Gasteiger partial charge >= 0.3 is 0 Å². The van der Waals surface area contributed by atoms with E-state index in [2.05, 4.69) is 10.3 Å². The molecule has 1 heterocycles. The first kappa shape index (κ1) is 11.4. The standard InChI is InChI=1S/C14H12N4O/c19-16-18(10-12-6-2-1-3-7-12)17-11-15-13-8-4-5-9-14(13)17/h1-9,11H,10H2. The van der Waals surface area contributed by atoms with Crippen LogP contribution in [0.5, 0.6) is 0 Å². The first-order chi connectivity index (χ1) is 9.38. The van der Waals surface area contributed by atoms with Gasteiger partial charge in [0.2, 0.25) is 0 Å². The van der Waals surface area contributed by atoms with Crippen LogP contribution in [0.15, 0.2) is 66.2 Å². The van der Waals surface area contributed by atoms with Crippen LogP contribution >= 0.6 is 0 Å². The number of fused-ring (bicyclic) bond motifs is 1. The van der Waals surface area contributed by atoms with Crippen LogP contribution in [0.4, 0.5) is 0 Å². The summed E-state index contributed by atoms with van der Waals surface area (Å²) in [6.07, 6.45) is 1.61. The molecule has 0 amide bonds. The molecule has 0 unspecified atom stereocenters. The monoisotopic (exact) mass is 252 g/mol. The van der Waals surface area contributed by atoms with Gasteiger partial charge in [0.15, 0.2) is 0 Å². The van der Waals surface area contributed by atoms with Gasteiger partial charge in [-0.05, 0) is 17.7 Å². The zero-order chi connectivity index (χ0) is 13.1. The lowest BCUT2D eigenvalue weighted by atomic mass is 10.2. The number of para-hydroxylation sites is 2. The third-order valence-corrected chi connectivity index (χ3v) is 2.94. The number of imidazole rings is 1. The topological polar surface area (TPSA) is 50.5 Å². The molecule has 2 aromatic carbocycles. The molecular formula is C14H12N4O. The number of benzene rings is 2. The zero-order valence-electron chi connectivity index (χ0n) is 10.2. The molecule has 0 saturated carbocycles. The molecule has 0 aliphatic heterocycles. The summed E-state index contributed by atoms with van der Waals surface area (Å²) < 4.78 is 1.66. The Bertz CT molecular complexity index is 693. The van der Waals surface area contributed by atoms with E-state index < -0.39 is 0 Å². The van der Waals surface area contributed by atoms with Gasteiger partial charge in [0.05, 0.1) is 22.9 Å². The lowest BCUT2D eigenvalue weighted by molar-refractivity contribution is 0.615. The molecule has 0 spiro atoms. The van der Waals surface area contributed by atoms with Gasteiger partial charge < -0.3 is 0 Å². The van der Waals surface area contributed by atoms with Crippen molar-refractivity contribution in [2.24, 2.45) is 5.29 Å². The second kappa shape index (κ2) is 4.89. The Morgan fingerprint density at radius 2 is 1.79 bits per heavy atom. The van der Waals surface area contributed by atoms with Crippen molar-refractivity contribution in [2.75, 3.05) is 5.12 Å². The summed E-state index contributed by atoms with van der Waals surface area (Å²) in [6, 6.07) is 17.3. The van der Waals surface area contributed by atoms with E-state index in [1.54, 1.807) is 11.0 Å². The van der Waals surface area contributed by atoms with E-state index >= 15 is 0 Å². The summed E-state index contributed by atoms with van der Waals surface area (Å²) in [5, 5.41) is 4.43. The van der Waals surface area contributed by atoms with Crippen LogP contribution in [-0.2, 0) is 6.54 Å². The van der Waals surface area contributed by atoms with Crippen molar-refractivity contribution in [2.45, 2.75) is 6.54 Å². The second-order valence-corrected chi connectivity index (χ2v) is 4.18. The lowest BCUT2D eigenvalue weighted by Crippen LogP contribution is -2.27. The van der Waals surface area contributed by atoms with Crippen molar-refractivity contribution in [1.29, 1.82) is 0 Å². The Morgan fingerprint density at radius 1 is 1.05 bits per heavy atom. The molecule has 19 heavy (non-hydrogen) atoms. The molecule has 0 aliphatic rings. The minimum Gasteiger partial charge on any atom is -0.235 e. The lowest BCUT2D eigenvalue weighted by Gasteiger charge is -2.16. The van der Waals surface area contributed by atoms with Crippen molar-refractivity contribution in [3.63, 3.8) is 0 Å². The Morgan fingerprint density at radius 3 is 2.58 bits per heavy atom. The molecule has 0 atom stereocenters. The SMILES string of the molecule is O=NN(Cc1ccccc1)n1cnc2ccccc21. The molecule has 0 aliphatic carbocycles. The van der Waals surface area contributed by atoms with Crippen LogP contribution in [0.2, 0.25) is 0 Å². The average molecular weight is 252 g/mol. The number of hydrogen-bond acceptors (Lipinski definition) is 3. The number of aromatic nitrogens is 2. The first-order valence-electron chi connectivity index (χ1n) is 5.95. The van der Waals surface area contributed by atoms with E-state index in [1.807, 2.05) is 54.6 Å². The summed E-state index contributed by atoms with van der Waals surface area (Å²) >= 11 is 0. The maximum atomic E-state index is 11.1. The van der Waals surface area contributed by atoms with Crippen LogP contribution in [-0.4, -0.2) is 9.66 Å². The number of hydrogen-bond donors (Lipinski definition) is 0. The quantitative estimate of drug-likeness (QED) is 0.530. The van der Waals surface area contributed by atoms with Gasteiger partial charge in [-0.1, -0.05) is 42.5 Å². The third kappa shape index (κ3) is 2.18. The predicted octanol–water partition coefficient (Wildman–Crippen LogP) is 2.86. The second-order valence-electron chi connectivity index (χ2n) is 4.18. The highest BCUT2D eigenvalue weighted by Crippen LogP contribution is 2.14. The summed E-state index contributed by atoms with van der Waals surface area (Å²) in [5.41, 5.74) is 2.71. The molecule has 0 bridgehead atoms. The molecule has 0 fully saturated rings. The van der Waals surface area contributed by atoms with Crippen molar-refractivity contribution in [1.82, 2.24) is 9.66 Å². The minimum atomic E-state index is 0.407. The third-order valence-electron chi connectivity index (χ3n) is 2.94. The molecule has 94 valence electrons. The van der Waals surface area contributed by atoms with Crippen LogP contribution < -0.4 is 5.12 Å². The Hall–Kier alpha value is -2.69. The molecule has 0 saturated heterocycles. The van der Waals surface area contributed by atoms with E-state index in [9.17, 15) is 4.91 Å². The van der Waals surface area contributed by atoms with Crippen LogP contribution in [0.3, 0.4) is 0 Å². The fourth-order valence-corrected chi connectivity index (χ4v) is 2.02. The molecule has 3 rings (SSSR count). The normalized spacial score (nSPS) is 10.5.